The molecule has 0 bridgehead atoms. The number of likely N-dealkylation sites (tertiary alicyclic amines) is 1. The summed E-state index contributed by atoms with van der Waals surface area (Å²) in [6, 6.07) is -0.338. The maximum Gasteiger partial charge on any atom is 0.242 e. The van der Waals surface area contributed by atoms with Gasteiger partial charge in [-0.05, 0) is 19.3 Å². The summed E-state index contributed by atoms with van der Waals surface area (Å²) in [6.45, 7) is 7.66. The minimum atomic E-state index is -0.457. The minimum Gasteiger partial charge on any atom is -0.394 e. The van der Waals surface area contributed by atoms with Crippen LogP contribution >= 0.6 is 0 Å². The Kier molecular flexibility index (Phi) is 7.11. The van der Waals surface area contributed by atoms with Crippen molar-refractivity contribution in [2.45, 2.75) is 46.1 Å². The topological polar surface area (TPSA) is 78.9 Å². The Bertz CT molecular complexity index is 352. The summed E-state index contributed by atoms with van der Waals surface area (Å²) in [5.74, 6) is -0.0429. The van der Waals surface area contributed by atoms with Crippen LogP contribution in [0.15, 0.2) is 0 Å². The Hall–Kier alpha value is -1.14. The molecule has 1 aliphatic rings. The Labute approximate surface area is 126 Å². The fourth-order valence-electron chi connectivity index (χ4n) is 2.38. The van der Waals surface area contributed by atoms with Gasteiger partial charge in [0.05, 0.1) is 13.2 Å². The number of hydrogen-bond acceptors (Lipinski definition) is 4. The predicted octanol–water partition coefficient (Wildman–Crippen LogP) is 0.539. The standard InChI is InChI=1S/C15H28N2O4/c1-15(2,3)14(20)17-8-4-6-12(17)13(19)16-7-5-10-21-11-9-18/h12,18H,4-11H2,1-3H3,(H,16,19). The van der Waals surface area contributed by atoms with Crippen LogP contribution in [0, 0.1) is 5.41 Å². The minimum absolute atomic E-state index is 0.0122. The molecule has 2 N–H and O–H groups in total. The third-order valence-electron chi connectivity index (χ3n) is 3.46. The first-order valence-corrected chi connectivity index (χ1v) is 7.65. The molecule has 1 unspecified atom stereocenters. The van der Waals surface area contributed by atoms with Crippen LogP contribution in [0.25, 0.3) is 0 Å². The molecular formula is C15H28N2O4. The highest BCUT2D eigenvalue weighted by molar-refractivity contribution is 5.90. The quantitative estimate of drug-likeness (QED) is 0.673. The molecule has 0 aromatic rings. The van der Waals surface area contributed by atoms with Crippen molar-refractivity contribution in [3.63, 3.8) is 0 Å². The van der Waals surface area contributed by atoms with Crippen LogP contribution in [0.3, 0.4) is 0 Å². The number of carbonyl (C=O) groups is 2. The van der Waals surface area contributed by atoms with Crippen LogP contribution in [-0.4, -0.2) is 60.8 Å². The molecule has 2 amide bonds. The van der Waals surface area contributed by atoms with Gasteiger partial charge in [0.25, 0.3) is 0 Å². The van der Waals surface area contributed by atoms with Gasteiger partial charge >= 0.3 is 0 Å². The molecule has 0 radical (unpaired) electrons. The fraction of sp³-hybridized carbons (Fsp3) is 0.867. The molecule has 6 heteroatoms. The lowest BCUT2D eigenvalue weighted by Gasteiger charge is -2.30. The summed E-state index contributed by atoms with van der Waals surface area (Å²) in [7, 11) is 0. The number of rotatable bonds is 7. The van der Waals surface area contributed by atoms with Gasteiger partial charge in [0.15, 0.2) is 0 Å². The SMILES string of the molecule is CC(C)(C)C(=O)N1CCCC1C(=O)NCCCOCCO. The molecule has 6 nitrogen and oxygen atoms in total. The maximum atomic E-state index is 12.3. The third-order valence-corrected chi connectivity index (χ3v) is 3.46. The van der Waals surface area contributed by atoms with E-state index in [-0.39, 0.29) is 24.5 Å². The van der Waals surface area contributed by atoms with Gasteiger partial charge in [-0.3, -0.25) is 9.59 Å². The van der Waals surface area contributed by atoms with Crippen molar-refractivity contribution in [3.05, 3.63) is 0 Å². The van der Waals surface area contributed by atoms with Crippen LogP contribution in [0.2, 0.25) is 0 Å². The first kappa shape index (κ1) is 17.9. The number of aliphatic hydroxyl groups is 1. The van der Waals surface area contributed by atoms with E-state index in [1.54, 1.807) is 4.90 Å². The molecule has 0 spiro atoms. The van der Waals surface area contributed by atoms with Crippen LogP contribution in [0.5, 0.6) is 0 Å². The molecule has 1 aliphatic heterocycles. The number of hydrogen-bond donors (Lipinski definition) is 2. The molecule has 1 atom stereocenters. The lowest BCUT2D eigenvalue weighted by atomic mass is 9.94. The number of nitrogens with zero attached hydrogens (tertiary/aromatic N) is 1. The van der Waals surface area contributed by atoms with Crippen molar-refractivity contribution in [3.8, 4) is 0 Å². The normalized spacial score (nSPS) is 18.9. The summed E-state index contributed by atoms with van der Waals surface area (Å²) < 4.78 is 5.13. The van der Waals surface area contributed by atoms with Crippen molar-refractivity contribution in [1.82, 2.24) is 10.2 Å². The highest BCUT2D eigenvalue weighted by Gasteiger charge is 2.38. The molecule has 1 rings (SSSR count). The molecule has 0 aromatic heterocycles. The van der Waals surface area contributed by atoms with Crippen molar-refractivity contribution in [1.29, 1.82) is 0 Å². The van der Waals surface area contributed by atoms with Gasteiger partial charge in [0.2, 0.25) is 11.8 Å². The molecule has 21 heavy (non-hydrogen) atoms. The van der Waals surface area contributed by atoms with E-state index >= 15 is 0 Å². The van der Waals surface area contributed by atoms with Gasteiger partial charge in [-0.2, -0.15) is 0 Å². The van der Waals surface area contributed by atoms with E-state index < -0.39 is 5.41 Å². The van der Waals surface area contributed by atoms with Crippen molar-refractivity contribution in [2.24, 2.45) is 5.41 Å². The molecule has 1 fully saturated rings. The largest absolute Gasteiger partial charge is 0.394 e. The van der Waals surface area contributed by atoms with Gasteiger partial charge in [-0.25, -0.2) is 0 Å². The van der Waals surface area contributed by atoms with E-state index in [4.69, 9.17) is 9.84 Å². The molecule has 0 aromatic carbocycles. The number of ether oxygens (including phenoxy) is 1. The van der Waals surface area contributed by atoms with E-state index in [9.17, 15) is 9.59 Å². The third kappa shape index (κ3) is 5.63. The van der Waals surface area contributed by atoms with Crippen LogP contribution < -0.4 is 5.32 Å². The van der Waals surface area contributed by atoms with Gasteiger partial charge in [-0.15, -0.1) is 0 Å². The van der Waals surface area contributed by atoms with Crippen molar-refractivity contribution >= 4 is 11.8 Å². The van der Waals surface area contributed by atoms with E-state index in [2.05, 4.69) is 5.32 Å². The average molecular weight is 300 g/mol. The second-order valence-electron chi connectivity index (χ2n) is 6.39. The maximum absolute atomic E-state index is 12.3. The zero-order valence-corrected chi connectivity index (χ0v) is 13.4. The monoisotopic (exact) mass is 300 g/mol. The molecular weight excluding hydrogens is 272 g/mol. The van der Waals surface area contributed by atoms with Crippen LogP contribution in [0.1, 0.15) is 40.0 Å². The molecule has 0 aliphatic carbocycles. The first-order valence-electron chi connectivity index (χ1n) is 7.65. The van der Waals surface area contributed by atoms with Crippen LogP contribution in [-0.2, 0) is 14.3 Å². The predicted molar refractivity (Wildman–Crippen MR) is 79.7 cm³/mol. The second-order valence-corrected chi connectivity index (χ2v) is 6.39. The summed E-state index contributed by atoms with van der Waals surface area (Å²) in [6.07, 6.45) is 2.31. The lowest BCUT2D eigenvalue weighted by Crippen LogP contribution is -2.49. The van der Waals surface area contributed by atoms with Gasteiger partial charge in [0, 0.05) is 25.1 Å². The molecule has 1 heterocycles. The summed E-state index contributed by atoms with van der Waals surface area (Å²) >= 11 is 0. The van der Waals surface area contributed by atoms with Crippen molar-refractivity contribution in [2.75, 3.05) is 32.9 Å². The van der Waals surface area contributed by atoms with Crippen molar-refractivity contribution < 1.29 is 19.4 Å². The average Bonchev–Trinajstić information content (AvgIpc) is 2.89. The van der Waals surface area contributed by atoms with Crippen LogP contribution in [0.4, 0.5) is 0 Å². The Morgan fingerprint density at radius 3 is 2.67 bits per heavy atom. The fourth-order valence-corrected chi connectivity index (χ4v) is 2.38. The highest BCUT2D eigenvalue weighted by Crippen LogP contribution is 2.25. The zero-order valence-electron chi connectivity index (χ0n) is 13.4. The summed E-state index contributed by atoms with van der Waals surface area (Å²) in [4.78, 5) is 26.2. The Balaban J connectivity index is 2.37. The van der Waals surface area contributed by atoms with E-state index in [1.807, 2.05) is 20.8 Å². The van der Waals surface area contributed by atoms with Gasteiger partial charge < -0.3 is 20.1 Å². The number of amides is 2. The Morgan fingerprint density at radius 2 is 2.05 bits per heavy atom. The lowest BCUT2D eigenvalue weighted by molar-refractivity contribution is -0.144. The smallest absolute Gasteiger partial charge is 0.242 e. The Morgan fingerprint density at radius 1 is 1.33 bits per heavy atom. The summed E-state index contributed by atoms with van der Waals surface area (Å²) in [5, 5.41) is 11.4. The molecule has 1 saturated heterocycles. The highest BCUT2D eigenvalue weighted by atomic mass is 16.5. The second kappa shape index (κ2) is 8.34. The first-order chi connectivity index (χ1) is 9.88. The van der Waals surface area contributed by atoms with Gasteiger partial charge in [0.1, 0.15) is 6.04 Å². The van der Waals surface area contributed by atoms with Gasteiger partial charge in [-0.1, -0.05) is 20.8 Å². The number of carbonyl (C=O) groups excluding carboxylic acids is 2. The van der Waals surface area contributed by atoms with E-state index in [1.165, 1.54) is 0 Å². The van der Waals surface area contributed by atoms with E-state index in [0.29, 0.717) is 32.7 Å². The number of nitrogens with one attached hydrogen (secondary N) is 1. The molecule has 122 valence electrons. The van der Waals surface area contributed by atoms with E-state index in [0.717, 1.165) is 12.8 Å². The number of aliphatic hydroxyl groups excluding tert-OH is 1. The molecule has 0 saturated carbocycles. The summed E-state index contributed by atoms with van der Waals surface area (Å²) in [5.41, 5.74) is -0.457. The zero-order chi connectivity index (χ0) is 15.9.